The van der Waals surface area contributed by atoms with Gasteiger partial charge in [0.05, 0.1) is 17.4 Å². The van der Waals surface area contributed by atoms with Crippen LogP contribution in [0.15, 0.2) is 69.9 Å². The molecule has 0 bridgehead atoms. The molecule has 0 unspecified atom stereocenters. The number of fused-ring (bicyclic) bond motifs is 2. The van der Waals surface area contributed by atoms with Crippen molar-refractivity contribution in [2.75, 3.05) is 17.2 Å². The first kappa shape index (κ1) is 20.0. The summed E-state index contributed by atoms with van der Waals surface area (Å²) in [5, 5.41) is 2.62. The minimum atomic E-state index is -0.0933. The highest BCUT2D eigenvalue weighted by molar-refractivity contribution is 7.99. The highest BCUT2D eigenvalue weighted by Crippen LogP contribution is 2.34. The van der Waals surface area contributed by atoms with Crippen LogP contribution in [-0.4, -0.2) is 27.8 Å². The third kappa shape index (κ3) is 3.79. The Morgan fingerprint density at radius 3 is 2.77 bits per heavy atom. The van der Waals surface area contributed by atoms with Crippen LogP contribution in [0.1, 0.15) is 12.0 Å². The Morgan fingerprint density at radius 2 is 1.94 bits per heavy atom. The zero-order chi connectivity index (χ0) is 21.4. The maximum Gasteiger partial charge on any atom is 0.262 e. The molecule has 0 N–H and O–H groups in total. The number of hydrogen-bond donors (Lipinski definition) is 0. The lowest BCUT2D eigenvalue weighted by Gasteiger charge is -2.29. The maximum atomic E-state index is 13.2. The summed E-state index contributed by atoms with van der Waals surface area (Å²) in [5.41, 5.74) is 3.95. The fourth-order valence-electron chi connectivity index (χ4n) is 3.85. The summed E-state index contributed by atoms with van der Waals surface area (Å²) in [5.74, 6) is 0.911. The third-order valence-electron chi connectivity index (χ3n) is 5.52. The van der Waals surface area contributed by atoms with Crippen LogP contribution in [0.2, 0.25) is 0 Å². The summed E-state index contributed by atoms with van der Waals surface area (Å²) in [6.45, 7) is 3.05. The number of carbonyl (C=O) groups is 1. The molecule has 0 radical (unpaired) electrons. The Kier molecular flexibility index (Phi) is 5.38. The molecule has 0 atom stereocenters. The van der Waals surface area contributed by atoms with Crippen molar-refractivity contribution in [2.45, 2.75) is 24.8 Å². The van der Waals surface area contributed by atoms with Gasteiger partial charge in [0.15, 0.2) is 0 Å². The van der Waals surface area contributed by atoms with Gasteiger partial charge in [-0.25, -0.2) is 4.98 Å². The fourth-order valence-corrected chi connectivity index (χ4v) is 5.75. The number of carbonyl (C=O) groups excluding carboxylic acids is 1. The summed E-state index contributed by atoms with van der Waals surface area (Å²) in [4.78, 5) is 34.4. The largest absolute Gasteiger partial charge is 0.310 e. The number of amides is 1. The number of nitrogens with zero attached hydrogens (tertiary/aromatic N) is 3. The third-order valence-corrected chi connectivity index (χ3v) is 7.45. The quantitative estimate of drug-likeness (QED) is 0.444. The van der Waals surface area contributed by atoms with E-state index in [4.69, 9.17) is 0 Å². The van der Waals surface area contributed by atoms with E-state index in [2.05, 4.69) is 4.98 Å². The number of thioether (sulfide) groups is 1. The Hall–Kier alpha value is -2.90. The molecular formula is C24H21N3O2S2. The molecule has 1 amide bonds. The predicted octanol–water partition coefficient (Wildman–Crippen LogP) is 4.96. The van der Waals surface area contributed by atoms with Gasteiger partial charge < -0.3 is 4.90 Å². The number of hydrogen-bond acceptors (Lipinski definition) is 5. The summed E-state index contributed by atoms with van der Waals surface area (Å²) in [6, 6.07) is 16.1. The number of aromatic nitrogens is 2. The molecule has 0 fully saturated rings. The molecule has 3 heterocycles. The number of para-hydroxylation sites is 1. The number of rotatable bonds is 4. The molecule has 1 aliphatic heterocycles. The zero-order valence-corrected chi connectivity index (χ0v) is 18.7. The van der Waals surface area contributed by atoms with Crippen molar-refractivity contribution in [1.29, 1.82) is 0 Å². The SMILES string of the molecule is Cc1ccc(-c2csc3ncn(CCC(=O)N4CCSc5ccccc54)c(=O)c23)cc1. The van der Waals surface area contributed by atoms with Crippen LogP contribution in [0.3, 0.4) is 0 Å². The van der Waals surface area contributed by atoms with Crippen molar-refractivity contribution >= 4 is 44.9 Å². The molecule has 156 valence electrons. The number of thiophene rings is 1. The first-order chi connectivity index (χ1) is 15.1. The van der Waals surface area contributed by atoms with Crippen LogP contribution in [0, 0.1) is 6.92 Å². The molecule has 1 aliphatic rings. The van der Waals surface area contributed by atoms with Gasteiger partial charge in [0.25, 0.3) is 5.56 Å². The average molecular weight is 448 g/mol. The molecule has 5 rings (SSSR count). The second-order valence-corrected chi connectivity index (χ2v) is 9.55. The van der Waals surface area contributed by atoms with Crippen molar-refractivity contribution in [3.8, 4) is 11.1 Å². The first-order valence-corrected chi connectivity index (χ1v) is 12.0. The summed E-state index contributed by atoms with van der Waals surface area (Å²) in [7, 11) is 0. The molecule has 0 saturated heterocycles. The number of aryl methyl sites for hydroxylation is 2. The molecule has 5 nitrogen and oxygen atoms in total. The highest BCUT2D eigenvalue weighted by atomic mass is 32.2. The van der Waals surface area contributed by atoms with Gasteiger partial charge in [0.1, 0.15) is 4.83 Å². The standard InChI is InChI=1S/C24H21N3O2S2/c1-16-6-8-17(9-7-16)18-14-31-23-22(18)24(29)26(15-25-23)11-10-21(28)27-12-13-30-20-5-3-2-4-19(20)27/h2-9,14-15H,10-13H2,1H3. The van der Waals surface area contributed by atoms with E-state index in [9.17, 15) is 9.59 Å². The van der Waals surface area contributed by atoms with E-state index < -0.39 is 0 Å². The summed E-state index contributed by atoms with van der Waals surface area (Å²) >= 11 is 3.24. The minimum Gasteiger partial charge on any atom is -0.310 e. The van der Waals surface area contributed by atoms with Gasteiger partial charge in [-0.05, 0) is 24.6 Å². The van der Waals surface area contributed by atoms with Gasteiger partial charge in [0.2, 0.25) is 5.91 Å². The van der Waals surface area contributed by atoms with Gasteiger partial charge in [0, 0.05) is 41.1 Å². The molecule has 31 heavy (non-hydrogen) atoms. The first-order valence-electron chi connectivity index (χ1n) is 10.2. The van der Waals surface area contributed by atoms with Crippen LogP contribution in [-0.2, 0) is 11.3 Å². The average Bonchev–Trinajstić information content (AvgIpc) is 3.23. The highest BCUT2D eigenvalue weighted by Gasteiger charge is 2.22. The van der Waals surface area contributed by atoms with Gasteiger partial charge >= 0.3 is 0 Å². The molecule has 0 spiro atoms. The second kappa shape index (κ2) is 8.32. The van der Waals surface area contributed by atoms with Gasteiger partial charge in [-0.2, -0.15) is 0 Å². The summed E-state index contributed by atoms with van der Waals surface area (Å²) < 4.78 is 1.56. The van der Waals surface area contributed by atoms with Crippen molar-refractivity contribution in [2.24, 2.45) is 0 Å². The van der Waals surface area contributed by atoms with Crippen LogP contribution in [0.5, 0.6) is 0 Å². The zero-order valence-electron chi connectivity index (χ0n) is 17.1. The smallest absolute Gasteiger partial charge is 0.262 e. The van der Waals surface area contributed by atoms with Crippen LogP contribution in [0.25, 0.3) is 21.3 Å². The molecule has 7 heteroatoms. The normalized spacial score (nSPS) is 13.4. The van der Waals surface area contributed by atoms with Crippen LogP contribution in [0.4, 0.5) is 5.69 Å². The Morgan fingerprint density at radius 1 is 1.13 bits per heavy atom. The topological polar surface area (TPSA) is 55.2 Å². The maximum absolute atomic E-state index is 13.2. The summed E-state index contributed by atoms with van der Waals surface area (Å²) in [6.07, 6.45) is 1.82. The van der Waals surface area contributed by atoms with Gasteiger partial charge in [-0.1, -0.05) is 42.0 Å². The molecule has 2 aromatic carbocycles. The Balaban J connectivity index is 1.41. The van der Waals surface area contributed by atoms with E-state index in [0.717, 1.165) is 32.3 Å². The van der Waals surface area contributed by atoms with E-state index in [1.165, 1.54) is 16.9 Å². The molecule has 0 aliphatic carbocycles. The lowest BCUT2D eigenvalue weighted by atomic mass is 10.1. The van der Waals surface area contributed by atoms with Crippen molar-refractivity contribution < 1.29 is 4.79 Å². The monoisotopic (exact) mass is 447 g/mol. The van der Waals surface area contributed by atoms with E-state index in [1.54, 1.807) is 22.7 Å². The van der Waals surface area contributed by atoms with Crippen molar-refractivity contribution in [1.82, 2.24) is 9.55 Å². The second-order valence-electron chi connectivity index (χ2n) is 7.55. The van der Waals surface area contributed by atoms with E-state index >= 15 is 0 Å². The van der Waals surface area contributed by atoms with Gasteiger partial charge in [-0.3, -0.25) is 14.2 Å². The fraction of sp³-hybridized carbons (Fsp3) is 0.208. The van der Waals surface area contributed by atoms with E-state index in [0.29, 0.717) is 18.5 Å². The molecule has 4 aromatic rings. The van der Waals surface area contributed by atoms with Crippen molar-refractivity contribution in [3.05, 3.63) is 76.2 Å². The van der Waals surface area contributed by atoms with Crippen LogP contribution < -0.4 is 10.5 Å². The lowest BCUT2D eigenvalue weighted by Crippen LogP contribution is -2.36. The van der Waals surface area contributed by atoms with Crippen LogP contribution >= 0.6 is 23.1 Å². The Labute approximate surface area is 188 Å². The minimum absolute atomic E-state index is 0.0313. The molecule has 0 saturated carbocycles. The molecule has 2 aromatic heterocycles. The number of benzene rings is 2. The lowest BCUT2D eigenvalue weighted by molar-refractivity contribution is -0.118. The molecular weight excluding hydrogens is 426 g/mol. The predicted molar refractivity (Wildman–Crippen MR) is 128 cm³/mol. The van der Waals surface area contributed by atoms with Gasteiger partial charge in [-0.15, -0.1) is 23.1 Å². The number of anilines is 1. The van der Waals surface area contributed by atoms with E-state index in [1.807, 2.05) is 65.7 Å². The van der Waals surface area contributed by atoms with E-state index in [-0.39, 0.29) is 17.9 Å². The Bertz CT molecular complexity index is 1320. The van der Waals surface area contributed by atoms with Crippen molar-refractivity contribution in [3.63, 3.8) is 0 Å².